The Kier molecular flexibility index (Phi) is 6.39. The van der Waals surface area contributed by atoms with E-state index in [2.05, 4.69) is 20.0 Å². The summed E-state index contributed by atoms with van der Waals surface area (Å²) in [5.41, 5.74) is 0.201. The Labute approximate surface area is 198 Å². The minimum absolute atomic E-state index is 0.0227. The summed E-state index contributed by atoms with van der Waals surface area (Å²) in [5, 5.41) is 2.98. The summed E-state index contributed by atoms with van der Waals surface area (Å²) in [7, 11) is -1.50. The summed E-state index contributed by atoms with van der Waals surface area (Å²) in [6, 6.07) is 15.1. The highest BCUT2D eigenvalue weighted by Gasteiger charge is 2.32. The summed E-state index contributed by atoms with van der Waals surface area (Å²) >= 11 is 0. The maximum absolute atomic E-state index is 13.1. The smallest absolute Gasteiger partial charge is 0.416 e. The number of para-hydroxylation sites is 2. The molecule has 0 atom stereocenters. The molecule has 0 aliphatic rings. The third-order valence-corrected chi connectivity index (χ3v) is 6.22. The van der Waals surface area contributed by atoms with Gasteiger partial charge in [0.2, 0.25) is 0 Å². The van der Waals surface area contributed by atoms with E-state index in [0.717, 1.165) is 18.2 Å². The number of ether oxygens (including phenoxy) is 2. The molecule has 0 aliphatic heterocycles. The summed E-state index contributed by atoms with van der Waals surface area (Å²) in [5.74, 6) is 0.746. The van der Waals surface area contributed by atoms with E-state index in [-0.39, 0.29) is 11.6 Å². The molecule has 0 aliphatic carbocycles. The van der Waals surface area contributed by atoms with Crippen LogP contribution in [0.3, 0.4) is 0 Å². The van der Waals surface area contributed by atoms with Gasteiger partial charge in [0, 0.05) is 23.9 Å². The summed E-state index contributed by atoms with van der Waals surface area (Å²) in [6.45, 7) is 0. The van der Waals surface area contributed by atoms with Crippen molar-refractivity contribution in [2.75, 3.05) is 24.3 Å². The van der Waals surface area contributed by atoms with Crippen LogP contribution in [0.1, 0.15) is 5.56 Å². The van der Waals surface area contributed by atoms with Gasteiger partial charge in [0.1, 0.15) is 11.5 Å². The zero-order chi connectivity index (χ0) is 25.2. The van der Waals surface area contributed by atoms with E-state index >= 15 is 0 Å². The molecule has 182 valence electrons. The number of anilines is 3. The number of hydrogen-bond acceptors (Lipinski definition) is 7. The molecular formula is C23H19F3N4O4S. The molecule has 0 unspecified atom stereocenters. The molecule has 0 saturated carbocycles. The average Bonchev–Trinajstić information content (AvgIpc) is 2.83. The zero-order valence-corrected chi connectivity index (χ0v) is 19.2. The van der Waals surface area contributed by atoms with Crippen molar-refractivity contribution in [3.05, 3.63) is 72.3 Å². The van der Waals surface area contributed by atoms with Crippen molar-refractivity contribution in [1.82, 2.24) is 9.97 Å². The predicted molar refractivity (Wildman–Crippen MR) is 125 cm³/mol. The molecular weight excluding hydrogens is 485 g/mol. The van der Waals surface area contributed by atoms with E-state index in [0.29, 0.717) is 34.3 Å². The number of fused-ring (bicyclic) bond motifs is 1. The van der Waals surface area contributed by atoms with Crippen molar-refractivity contribution in [3.63, 3.8) is 0 Å². The van der Waals surface area contributed by atoms with Crippen molar-refractivity contribution in [3.8, 4) is 11.5 Å². The lowest BCUT2D eigenvalue weighted by Crippen LogP contribution is -2.17. The van der Waals surface area contributed by atoms with E-state index in [1.165, 1.54) is 14.2 Å². The number of halogens is 3. The lowest BCUT2D eigenvalue weighted by Gasteiger charge is -2.15. The molecule has 0 fully saturated rings. The first kappa shape index (κ1) is 24.1. The van der Waals surface area contributed by atoms with Crippen LogP contribution in [0.25, 0.3) is 11.0 Å². The molecule has 1 aromatic heterocycles. The van der Waals surface area contributed by atoms with Gasteiger partial charge < -0.3 is 14.8 Å². The average molecular weight is 504 g/mol. The first-order valence-electron chi connectivity index (χ1n) is 10.1. The van der Waals surface area contributed by atoms with E-state index in [9.17, 15) is 21.6 Å². The van der Waals surface area contributed by atoms with Gasteiger partial charge in [-0.2, -0.15) is 13.2 Å². The van der Waals surface area contributed by atoms with Gasteiger partial charge in [-0.05, 0) is 30.3 Å². The fourth-order valence-corrected chi connectivity index (χ4v) is 4.26. The highest BCUT2D eigenvalue weighted by Crippen LogP contribution is 2.33. The third-order valence-electron chi connectivity index (χ3n) is 4.89. The van der Waals surface area contributed by atoms with Crippen LogP contribution in [0, 0.1) is 0 Å². The Balaban J connectivity index is 1.78. The molecule has 0 spiro atoms. The number of aromatic nitrogens is 2. The second-order valence-electron chi connectivity index (χ2n) is 7.27. The SMILES string of the molecule is COc1cc(Nc2nc3ccccc3nc2NS(=O)(=O)c2cccc(C(F)(F)F)c2)cc(OC)c1. The standard InChI is InChI=1S/C23H19F3N4O4S/c1-33-16-11-15(12-17(13-16)34-2)27-21-22(29-20-9-4-3-8-19(20)28-21)30-35(31,32)18-7-5-6-14(10-18)23(24,25)26/h3-13H,1-2H3,(H,27,28)(H,29,30). The van der Waals surface area contributed by atoms with E-state index in [1.54, 1.807) is 42.5 Å². The van der Waals surface area contributed by atoms with Gasteiger partial charge in [0.05, 0.1) is 35.7 Å². The number of nitrogens with one attached hydrogen (secondary N) is 2. The minimum Gasteiger partial charge on any atom is -0.497 e. The number of alkyl halides is 3. The van der Waals surface area contributed by atoms with Crippen LogP contribution in [0.5, 0.6) is 11.5 Å². The van der Waals surface area contributed by atoms with Crippen LogP contribution >= 0.6 is 0 Å². The van der Waals surface area contributed by atoms with Gasteiger partial charge >= 0.3 is 6.18 Å². The first-order chi connectivity index (χ1) is 16.6. The molecule has 0 radical (unpaired) electrons. The van der Waals surface area contributed by atoms with Crippen molar-refractivity contribution >= 4 is 38.4 Å². The second kappa shape index (κ2) is 9.29. The van der Waals surface area contributed by atoms with Gasteiger partial charge in [0.15, 0.2) is 11.6 Å². The molecule has 35 heavy (non-hydrogen) atoms. The van der Waals surface area contributed by atoms with Crippen LogP contribution in [0.15, 0.2) is 71.6 Å². The molecule has 12 heteroatoms. The Hall–Kier alpha value is -4.06. The lowest BCUT2D eigenvalue weighted by atomic mass is 10.2. The molecule has 4 rings (SSSR count). The van der Waals surface area contributed by atoms with Crippen LogP contribution in [-0.2, 0) is 16.2 Å². The Morgan fingerprint density at radius 3 is 1.97 bits per heavy atom. The molecule has 4 aromatic rings. The molecule has 8 nitrogen and oxygen atoms in total. The van der Waals surface area contributed by atoms with Gasteiger partial charge in [-0.15, -0.1) is 0 Å². The topological polar surface area (TPSA) is 102 Å². The van der Waals surface area contributed by atoms with Crippen LogP contribution in [0.4, 0.5) is 30.5 Å². The molecule has 1 heterocycles. The summed E-state index contributed by atoms with van der Waals surface area (Å²) in [6.07, 6.45) is -4.70. The van der Waals surface area contributed by atoms with Crippen molar-refractivity contribution in [2.24, 2.45) is 0 Å². The minimum atomic E-state index is -4.70. The molecule has 0 amide bonds. The fourth-order valence-electron chi connectivity index (χ4n) is 3.20. The first-order valence-corrected chi connectivity index (χ1v) is 11.5. The molecule has 2 N–H and O–H groups in total. The van der Waals surface area contributed by atoms with Gasteiger partial charge in [0.25, 0.3) is 10.0 Å². The van der Waals surface area contributed by atoms with Crippen molar-refractivity contribution in [1.29, 1.82) is 0 Å². The van der Waals surface area contributed by atoms with Crippen LogP contribution in [-0.4, -0.2) is 32.6 Å². The van der Waals surface area contributed by atoms with Crippen molar-refractivity contribution in [2.45, 2.75) is 11.1 Å². The number of hydrogen-bond donors (Lipinski definition) is 2. The van der Waals surface area contributed by atoms with E-state index < -0.39 is 26.7 Å². The molecule has 3 aromatic carbocycles. The van der Waals surface area contributed by atoms with Gasteiger partial charge in [-0.3, -0.25) is 4.72 Å². The van der Waals surface area contributed by atoms with Gasteiger partial charge in [-0.25, -0.2) is 18.4 Å². The summed E-state index contributed by atoms with van der Waals surface area (Å²) < 4.78 is 78.1. The lowest BCUT2D eigenvalue weighted by molar-refractivity contribution is -0.137. The van der Waals surface area contributed by atoms with Crippen LogP contribution < -0.4 is 19.5 Å². The number of rotatable bonds is 7. The largest absolute Gasteiger partial charge is 0.497 e. The highest BCUT2D eigenvalue weighted by molar-refractivity contribution is 7.92. The quantitative estimate of drug-likeness (QED) is 0.356. The number of sulfonamides is 1. The van der Waals surface area contributed by atoms with Crippen molar-refractivity contribution < 1.29 is 31.1 Å². The Morgan fingerprint density at radius 2 is 1.40 bits per heavy atom. The molecule has 0 bridgehead atoms. The number of methoxy groups -OCH3 is 2. The summed E-state index contributed by atoms with van der Waals surface area (Å²) in [4.78, 5) is 8.22. The number of benzene rings is 3. The zero-order valence-electron chi connectivity index (χ0n) is 18.4. The second-order valence-corrected chi connectivity index (χ2v) is 8.95. The maximum Gasteiger partial charge on any atom is 0.416 e. The fraction of sp³-hybridized carbons (Fsp3) is 0.130. The third kappa shape index (κ3) is 5.38. The van der Waals surface area contributed by atoms with Crippen LogP contribution in [0.2, 0.25) is 0 Å². The van der Waals surface area contributed by atoms with E-state index in [4.69, 9.17) is 9.47 Å². The normalized spacial score (nSPS) is 11.8. The predicted octanol–water partition coefficient (Wildman–Crippen LogP) is 5.21. The number of nitrogens with zero attached hydrogens (tertiary/aromatic N) is 2. The van der Waals surface area contributed by atoms with Gasteiger partial charge in [-0.1, -0.05) is 18.2 Å². The Morgan fingerprint density at radius 1 is 0.800 bits per heavy atom. The van der Waals surface area contributed by atoms with E-state index in [1.807, 2.05) is 0 Å². The monoisotopic (exact) mass is 504 g/mol. The highest BCUT2D eigenvalue weighted by atomic mass is 32.2. The Bertz CT molecular complexity index is 1470. The molecule has 0 saturated heterocycles. The maximum atomic E-state index is 13.1.